The number of hydrogen-bond acceptors (Lipinski definition) is 6. The second-order valence-electron chi connectivity index (χ2n) is 9.35. The topological polar surface area (TPSA) is 103 Å². The van der Waals surface area contributed by atoms with Crippen LogP contribution < -0.4 is 20.5 Å². The summed E-state index contributed by atoms with van der Waals surface area (Å²) in [7, 11) is 1.27. The van der Waals surface area contributed by atoms with Crippen LogP contribution in [-0.2, 0) is 9.53 Å². The van der Waals surface area contributed by atoms with E-state index in [-0.39, 0.29) is 29.6 Å². The first-order valence-electron chi connectivity index (χ1n) is 12.3. The molecule has 1 unspecified atom stereocenters. The normalized spacial score (nSPS) is 19.8. The lowest BCUT2D eigenvalue weighted by Crippen LogP contribution is -2.45. The number of anilines is 1. The summed E-state index contributed by atoms with van der Waals surface area (Å²) in [5, 5.41) is 3.02. The number of rotatable bonds is 6. The second-order valence-corrected chi connectivity index (χ2v) is 9.79. The quantitative estimate of drug-likeness (QED) is 0.497. The molecule has 9 nitrogen and oxygen atoms in total. The lowest BCUT2D eigenvalue weighted by molar-refractivity contribution is -0.118. The SMILES string of the molecule is COc1cc(F)c([C@@H]2CN(c3cncn(C4CCOCC4)c3=O)C(=O)C2NC(=O)c2ccc(Cl)cc2)c(F)c1. The number of methoxy groups -OCH3 is 1. The van der Waals surface area contributed by atoms with Crippen molar-refractivity contribution in [2.24, 2.45) is 0 Å². The molecule has 1 aromatic heterocycles. The van der Waals surface area contributed by atoms with Gasteiger partial charge in [0.05, 0.1) is 19.6 Å². The Kier molecular flexibility index (Phi) is 7.62. The van der Waals surface area contributed by atoms with Gasteiger partial charge in [0, 0.05) is 60.0 Å². The van der Waals surface area contributed by atoms with Gasteiger partial charge < -0.3 is 19.7 Å². The second kappa shape index (κ2) is 11.1. The van der Waals surface area contributed by atoms with Gasteiger partial charge in [0.25, 0.3) is 11.5 Å². The monoisotopic (exact) mass is 558 g/mol. The molecule has 39 heavy (non-hydrogen) atoms. The van der Waals surface area contributed by atoms with E-state index in [0.717, 1.165) is 17.0 Å². The molecule has 204 valence electrons. The molecule has 5 rings (SSSR count). The summed E-state index contributed by atoms with van der Waals surface area (Å²) in [6, 6.07) is 6.42. The summed E-state index contributed by atoms with van der Waals surface area (Å²) in [6.07, 6.45) is 3.85. The van der Waals surface area contributed by atoms with Gasteiger partial charge in [-0.3, -0.25) is 19.0 Å². The minimum atomic E-state index is -1.37. The number of hydrogen-bond donors (Lipinski definition) is 1. The van der Waals surface area contributed by atoms with Crippen LogP contribution in [0.3, 0.4) is 0 Å². The van der Waals surface area contributed by atoms with Gasteiger partial charge in [-0.05, 0) is 37.1 Å². The summed E-state index contributed by atoms with van der Waals surface area (Å²) < 4.78 is 42.2. The average molecular weight is 559 g/mol. The van der Waals surface area contributed by atoms with Crippen molar-refractivity contribution in [3.8, 4) is 5.75 Å². The molecule has 0 radical (unpaired) electrons. The van der Waals surface area contributed by atoms with E-state index in [1.165, 1.54) is 48.5 Å². The molecule has 2 aliphatic heterocycles. The molecule has 3 heterocycles. The predicted octanol–water partition coefficient (Wildman–Crippen LogP) is 3.46. The number of nitrogens with zero attached hydrogens (tertiary/aromatic N) is 3. The van der Waals surface area contributed by atoms with Crippen LogP contribution in [0.4, 0.5) is 14.5 Å². The Labute approximate surface area is 227 Å². The smallest absolute Gasteiger partial charge is 0.277 e. The Hall–Kier alpha value is -3.83. The van der Waals surface area contributed by atoms with E-state index in [0.29, 0.717) is 31.1 Å². The summed E-state index contributed by atoms with van der Waals surface area (Å²) in [6.45, 7) is 0.709. The van der Waals surface area contributed by atoms with Crippen molar-refractivity contribution in [3.05, 3.63) is 87.1 Å². The highest BCUT2D eigenvalue weighted by Crippen LogP contribution is 2.36. The summed E-state index contributed by atoms with van der Waals surface area (Å²) in [5.74, 6) is -4.41. The number of aromatic nitrogens is 2. The molecular weight excluding hydrogens is 534 g/mol. The molecule has 2 aliphatic rings. The number of amides is 2. The number of ether oxygens (including phenoxy) is 2. The van der Waals surface area contributed by atoms with Crippen molar-refractivity contribution in [2.45, 2.75) is 30.8 Å². The first-order valence-corrected chi connectivity index (χ1v) is 12.7. The third kappa shape index (κ3) is 5.24. The zero-order valence-corrected chi connectivity index (χ0v) is 21.7. The van der Waals surface area contributed by atoms with Gasteiger partial charge in [-0.25, -0.2) is 13.8 Å². The fourth-order valence-electron chi connectivity index (χ4n) is 5.05. The minimum Gasteiger partial charge on any atom is -0.497 e. The number of carbonyl (C=O) groups excluding carboxylic acids is 2. The molecule has 2 fully saturated rings. The third-order valence-electron chi connectivity index (χ3n) is 7.08. The highest BCUT2D eigenvalue weighted by Gasteiger charge is 2.46. The number of nitrogens with one attached hydrogen (secondary N) is 1. The zero-order valence-electron chi connectivity index (χ0n) is 20.9. The Morgan fingerprint density at radius 2 is 1.79 bits per heavy atom. The van der Waals surface area contributed by atoms with E-state index in [4.69, 9.17) is 21.1 Å². The van der Waals surface area contributed by atoms with Crippen molar-refractivity contribution in [2.75, 3.05) is 31.8 Å². The van der Waals surface area contributed by atoms with Crippen LogP contribution in [0.5, 0.6) is 5.75 Å². The molecule has 2 atom stereocenters. The predicted molar refractivity (Wildman–Crippen MR) is 138 cm³/mol. The average Bonchev–Trinajstić information content (AvgIpc) is 3.24. The van der Waals surface area contributed by atoms with Crippen molar-refractivity contribution in [3.63, 3.8) is 0 Å². The molecule has 3 aromatic rings. The molecule has 2 saturated heterocycles. The number of benzene rings is 2. The molecule has 1 N–H and O–H groups in total. The molecule has 0 bridgehead atoms. The standard InChI is InChI=1S/C27H25ClF2N4O5/c1-38-18-10-20(29)23(21(30)11-18)19-13-33(22-12-31-14-34(26(22)36)17-6-8-39-9-7-17)27(37)24(19)32-25(35)15-2-4-16(28)5-3-15/h2-5,10-12,14,17,19,24H,6-9,13H2,1H3,(H,32,35)/t19-,24?/m0/s1. The maximum absolute atomic E-state index is 15.2. The maximum Gasteiger partial charge on any atom is 0.277 e. The largest absolute Gasteiger partial charge is 0.497 e. The zero-order chi connectivity index (χ0) is 27.7. The van der Waals surface area contributed by atoms with Crippen LogP contribution in [-0.4, -0.2) is 54.3 Å². The van der Waals surface area contributed by atoms with E-state index in [9.17, 15) is 14.4 Å². The maximum atomic E-state index is 15.2. The Morgan fingerprint density at radius 1 is 1.13 bits per heavy atom. The molecule has 2 aromatic carbocycles. The highest BCUT2D eigenvalue weighted by molar-refractivity contribution is 6.30. The van der Waals surface area contributed by atoms with Crippen LogP contribution in [0.1, 0.15) is 40.7 Å². The Morgan fingerprint density at radius 3 is 2.44 bits per heavy atom. The fraction of sp³-hybridized carbons (Fsp3) is 0.333. The van der Waals surface area contributed by atoms with Crippen LogP contribution in [0.2, 0.25) is 5.02 Å². The summed E-state index contributed by atoms with van der Waals surface area (Å²) >= 11 is 5.91. The molecule has 0 spiro atoms. The van der Waals surface area contributed by atoms with Gasteiger partial charge in [-0.1, -0.05) is 11.6 Å². The number of halogens is 3. The molecule has 12 heteroatoms. The number of carbonyl (C=O) groups is 2. The van der Waals surface area contributed by atoms with E-state index < -0.39 is 46.5 Å². The fourth-order valence-corrected chi connectivity index (χ4v) is 5.18. The lowest BCUT2D eigenvalue weighted by atomic mass is 9.92. The molecule has 0 saturated carbocycles. The minimum absolute atomic E-state index is 0.0386. The highest BCUT2D eigenvalue weighted by atomic mass is 35.5. The summed E-state index contributed by atoms with van der Waals surface area (Å²) in [4.78, 5) is 45.5. The van der Waals surface area contributed by atoms with Crippen LogP contribution in [0, 0.1) is 11.6 Å². The van der Waals surface area contributed by atoms with Gasteiger partial charge in [-0.15, -0.1) is 0 Å². The van der Waals surface area contributed by atoms with E-state index in [1.807, 2.05) is 0 Å². The van der Waals surface area contributed by atoms with E-state index in [2.05, 4.69) is 10.3 Å². The van der Waals surface area contributed by atoms with E-state index in [1.54, 1.807) is 0 Å². The molecule has 2 amide bonds. The van der Waals surface area contributed by atoms with Crippen LogP contribution >= 0.6 is 11.6 Å². The van der Waals surface area contributed by atoms with Crippen molar-refractivity contribution < 1.29 is 27.8 Å². The first kappa shape index (κ1) is 26.8. The van der Waals surface area contributed by atoms with E-state index >= 15 is 8.78 Å². The van der Waals surface area contributed by atoms with Crippen LogP contribution in [0.15, 0.2) is 53.7 Å². The van der Waals surface area contributed by atoms with Gasteiger partial charge in [0.15, 0.2) is 0 Å². The van der Waals surface area contributed by atoms with Gasteiger partial charge >= 0.3 is 0 Å². The first-order chi connectivity index (χ1) is 18.8. The van der Waals surface area contributed by atoms with Gasteiger partial charge in [0.1, 0.15) is 29.1 Å². The lowest BCUT2D eigenvalue weighted by Gasteiger charge is -2.25. The molecular formula is C27H25ClF2N4O5. The van der Waals surface area contributed by atoms with Crippen LogP contribution in [0.25, 0.3) is 0 Å². The van der Waals surface area contributed by atoms with Crippen molar-refractivity contribution >= 4 is 29.1 Å². The summed E-state index contributed by atoms with van der Waals surface area (Å²) in [5.41, 5.74) is -0.717. The Bertz CT molecular complexity index is 1440. The van der Waals surface area contributed by atoms with Crippen molar-refractivity contribution in [1.82, 2.24) is 14.9 Å². The van der Waals surface area contributed by atoms with Gasteiger partial charge in [0.2, 0.25) is 5.91 Å². The third-order valence-corrected chi connectivity index (χ3v) is 7.33. The molecule has 0 aliphatic carbocycles. The Balaban J connectivity index is 1.54. The van der Waals surface area contributed by atoms with Gasteiger partial charge in [-0.2, -0.15) is 0 Å². The van der Waals surface area contributed by atoms with Crippen molar-refractivity contribution in [1.29, 1.82) is 0 Å².